The SMILES string of the molecule is NC(=O)c1ccc(Nc2nccc(-c3ccccc3Cl)n2)cc1. The van der Waals surface area contributed by atoms with Gasteiger partial charge in [-0.1, -0.05) is 29.8 Å². The van der Waals surface area contributed by atoms with Gasteiger partial charge < -0.3 is 11.1 Å². The molecule has 23 heavy (non-hydrogen) atoms. The number of primary amides is 1. The number of carbonyl (C=O) groups excluding carboxylic acids is 1. The number of aromatic nitrogens is 2. The number of hydrogen-bond donors (Lipinski definition) is 2. The molecule has 0 aliphatic heterocycles. The molecule has 0 spiro atoms. The summed E-state index contributed by atoms with van der Waals surface area (Å²) in [6.45, 7) is 0. The molecule has 1 heterocycles. The van der Waals surface area contributed by atoms with Crippen molar-refractivity contribution >= 4 is 29.1 Å². The van der Waals surface area contributed by atoms with Crippen LogP contribution in [0.3, 0.4) is 0 Å². The lowest BCUT2D eigenvalue weighted by Crippen LogP contribution is -2.10. The maximum absolute atomic E-state index is 11.1. The van der Waals surface area contributed by atoms with E-state index >= 15 is 0 Å². The van der Waals surface area contributed by atoms with Crippen molar-refractivity contribution in [1.29, 1.82) is 0 Å². The minimum Gasteiger partial charge on any atom is -0.366 e. The van der Waals surface area contributed by atoms with Gasteiger partial charge in [0.15, 0.2) is 0 Å². The van der Waals surface area contributed by atoms with Crippen molar-refractivity contribution in [2.75, 3.05) is 5.32 Å². The molecule has 3 aromatic rings. The third kappa shape index (κ3) is 3.46. The highest BCUT2D eigenvalue weighted by Crippen LogP contribution is 2.26. The van der Waals surface area contributed by atoms with Gasteiger partial charge in [0.2, 0.25) is 11.9 Å². The van der Waals surface area contributed by atoms with Crippen molar-refractivity contribution in [3.63, 3.8) is 0 Å². The maximum atomic E-state index is 11.1. The molecule has 5 nitrogen and oxygen atoms in total. The Balaban J connectivity index is 1.86. The second-order valence-corrected chi connectivity index (χ2v) is 5.22. The Hall–Kier alpha value is -2.92. The first kappa shape index (κ1) is 15.0. The van der Waals surface area contributed by atoms with Crippen LogP contribution >= 0.6 is 11.6 Å². The van der Waals surface area contributed by atoms with Crippen LogP contribution in [0, 0.1) is 0 Å². The van der Waals surface area contributed by atoms with E-state index < -0.39 is 5.91 Å². The number of rotatable bonds is 4. The molecule has 6 heteroatoms. The first-order valence-corrected chi connectivity index (χ1v) is 7.26. The minimum atomic E-state index is -0.464. The first-order chi connectivity index (χ1) is 11.1. The van der Waals surface area contributed by atoms with Gasteiger partial charge in [0, 0.05) is 28.0 Å². The fraction of sp³-hybridized carbons (Fsp3) is 0. The zero-order chi connectivity index (χ0) is 16.2. The van der Waals surface area contributed by atoms with Gasteiger partial charge in [-0.25, -0.2) is 9.97 Å². The first-order valence-electron chi connectivity index (χ1n) is 6.88. The predicted octanol–water partition coefficient (Wildman–Crippen LogP) is 3.64. The van der Waals surface area contributed by atoms with Gasteiger partial charge in [-0.3, -0.25) is 4.79 Å². The predicted molar refractivity (Wildman–Crippen MR) is 90.7 cm³/mol. The lowest BCUT2D eigenvalue weighted by Gasteiger charge is -2.08. The van der Waals surface area contributed by atoms with Gasteiger partial charge in [0.05, 0.1) is 5.69 Å². The summed E-state index contributed by atoms with van der Waals surface area (Å²) in [7, 11) is 0. The number of benzene rings is 2. The quantitative estimate of drug-likeness (QED) is 0.767. The molecule has 0 saturated heterocycles. The normalized spacial score (nSPS) is 10.3. The average Bonchev–Trinajstić information content (AvgIpc) is 2.56. The van der Waals surface area contributed by atoms with Crippen LogP contribution in [0.2, 0.25) is 5.02 Å². The Morgan fingerprint density at radius 3 is 2.48 bits per heavy atom. The molecular weight excluding hydrogens is 312 g/mol. The molecule has 3 rings (SSSR count). The van der Waals surface area contributed by atoms with Gasteiger partial charge >= 0.3 is 0 Å². The summed E-state index contributed by atoms with van der Waals surface area (Å²) < 4.78 is 0. The average molecular weight is 325 g/mol. The Bertz CT molecular complexity index is 849. The van der Waals surface area contributed by atoms with Crippen LogP contribution in [0.4, 0.5) is 11.6 Å². The number of carbonyl (C=O) groups is 1. The summed E-state index contributed by atoms with van der Waals surface area (Å²) in [5.74, 6) is -0.0252. The summed E-state index contributed by atoms with van der Waals surface area (Å²) in [6, 6.07) is 16.0. The number of amides is 1. The number of nitrogens with zero attached hydrogens (tertiary/aromatic N) is 2. The Kier molecular flexibility index (Phi) is 4.21. The van der Waals surface area contributed by atoms with Crippen molar-refractivity contribution in [3.8, 4) is 11.3 Å². The van der Waals surface area contributed by atoms with E-state index in [2.05, 4.69) is 15.3 Å². The zero-order valence-corrected chi connectivity index (χ0v) is 12.8. The summed E-state index contributed by atoms with van der Waals surface area (Å²) >= 11 is 6.19. The Morgan fingerprint density at radius 1 is 1.04 bits per heavy atom. The summed E-state index contributed by atoms with van der Waals surface area (Å²) in [5.41, 5.74) is 7.98. The van der Waals surface area contributed by atoms with E-state index in [1.54, 1.807) is 36.5 Å². The molecule has 0 fully saturated rings. The van der Waals surface area contributed by atoms with Crippen molar-refractivity contribution in [2.45, 2.75) is 0 Å². The maximum Gasteiger partial charge on any atom is 0.248 e. The zero-order valence-electron chi connectivity index (χ0n) is 12.0. The van der Waals surface area contributed by atoms with Gasteiger partial charge in [-0.15, -0.1) is 0 Å². The molecule has 0 radical (unpaired) electrons. The summed E-state index contributed by atoms with van der Waals surface area (Å²) in [6.07, 6.45) is 1.66. The molecule has 0 bridgehead atoms. The van der Waals surface area contributed by atoms with Crippen molar-refractivity contribution in [3.05, 3.63) is 71.4 Å². The third-order valence-electron chi connectivity index (χ3n) is 3.23. The van der Waals surface area contributed by atoms with Crippen LogP contribution in [0.5, 0.6) is 0 Å². The molecule has 2 aromatic carbocycles. The van der Waals surface area contributed by atoms with Gasteiger partial charge in [0.1, 0.15) is 0 Å². The fourth-order valence-electron chi connectivity index (χ4n) is 2.08. The second-order valence-electron chi connectivity index (χ2n) is 4.81. The van der Waals surface area contributed by atoms with Gasteiger partial charge in [-0.2, -0.15) is 0 Å². The number of anilines is 2. The van der Waals surface area contributed by atoms with Crippen LogP contribution < -0.4 is 11.1 Å². The minimum absolute atomic E-state index is 0.439. The van der Waals surface area contributed by atoms with E-state index in [1.807, 2.05) is 24.3 Å². The van der Waals surface area contributed by atoms with E-state index in [0.717, 1.165) is 16.9 Å². The fourth-order valence-corrected chi connectivity index (χ4v) is 2.32. The summed E-state index contributed by atoms with van der Waals surface area (Å²) in [4.78, 5) is 19.7. The molecule has 1 amide bonds. The molecular formula is C17H13ClN4O. The van der Waals surface area contributed by atoms with Crippen molar-refractivity contribution in [2.24, 2.45) is 5.73 Å². The van der Waals surface area contributed by atoms with Crippen LogP contribution in [0.1, 0.15) is 10.4 Å². The lowest BCUT2D eigenvalue weighted by molar-refractivity contribution is 0.100. The van der Waals surface area contributed by atoms with Gasteiger partial charge in [0.25, 0.3) is 0 Å². The molecule has 0 saturated carbocycles. The van der Waals surface area contributed by atoms with Crippen molar-refractivity contribution < 1.29 is 4.79 Å². The smallest absolute Gasteiger partial charge is 0.248 e. The standard InChI is InChI=1S/C17H13ClN4O/c18-14-4-2-1-3-13(14)15-9-10-20-17(22-15)21-12-7-5-11(6-8-12)16(19)23/h1-10H,(H2,19,23)(H,20,21,22). The topological polar surface area (TPSA) is 80.9 Å². The molecule has 0 atom stereocenters. The van der Waals surface area contributed by atoms with E-state index in [4.69, 9.17) is 17.3 Å². The number of halogens is 1. The van der Waals surface area contributed by atoms with E-state index in [-0.39, 0.29) is 0 Å². The molecule has 114 valence electrons. The van der Waals surface area contributed by atoms with E-state index in [1.165, 1.54) is 0 Å². The molecule has 0 unspecified atom stereocenters. The van der Waals surface area contributed by atoms with E-state index in [0.29, 0.717) is 16.5 Å². The van der Waals surface area contributed by atoms with Gasteiger partial charge in [-0.05, 0) is 36.4 Å². The number of nitrogens with one attached hydrogen (secondary N) is 1. The molecule has 0 aliphatic rings. The number of hydrogen-bond acceptors (Lipinski definition) is 4. The highest BCUT2D eigenvalue weighted by molar-refractivity contribution is 6.33. The monoisotopic (exact) mass is 324 g/mol. The van der Waals surface area contributed by atoms with E-state index in [9.17, 15) is 4.79 Å². The molecule has 1 aromatic heterocycles. The largest absolute Gasteiger partial charge is 0.366 e. The third-order valence-corrected chi connectivity index (χ3v) is 3.56. The second kappa shape index (κ2) is 6.46. The van der Waals surface area contributed by atoms with Crippen LogP contribution in [-0.2, 0) is 0 Å². The summed E-state index contributed by atoms with van der Waals surface area (Å²) in [5, 5.41) is 3.71. The van der Waals surface area contributed by atoms with Crippen molar-refractivity contribution in [1.82, 2.24) is 9.97 Å². The Labute approximate surface area is 138 Å². The highest BCUT2D eigenvalue weighted by atomic mass is 35.5. The van der Waals surface area contributed by atoms with Crippen LogP contribution in [-0.4, -0.2) is 15.9 Å². The lowest BCUT2D eigenvalue weighted by atomic mass is 10.1. The molecule has 0 aliphatic carbocycles. The van der Waals surface area contributed by atoms with Crippen LogP contribution in [0.25, 0.3) is 11.3 Å². The molecule has 3 N–H and O–H groups in total. The number of nitrogens with two attached hydrogens (primary N) is 1. The van der Waals surface area contributed by atoms with Crippen LogP contribution in [0.15, 0.2) is 60.8 Å². The highest BCUT2D eigenvalue weighted by Gasteiger charge is 2.06. The Morgan fingerprint density at radius 2 is 1.78 bits per heavy atom.